The van der Waals surface area contributed by atoms with Crippen LogP contribution in [0.3, 0.4) is 0 Å². The van der Waals surface area contributed by atoms with Crippen molar-refractivity contribution in [2.75, 3.05) is 26.3 Å². The number of carbonyl (C=O) groups is 1. The number of amides is 1. The molecular formula is C22H27N3O4S3. The largest absolute Gasteiger partial charge is 0.380 e. The molecule has 0 spiro atoms. The van der Waals surface area contributed by atoms with Crippen molar-refractivity contribution in [3.63, 3.8) is 0 Å². The smallest absolute Gasteiger partial charge is 0.252 e. The van der Waals surface area contributed by atoms with Gasteiger partial charge in [0.05, 0.1) is 16.8 Å². The van der Waals surface area contributed by atoms with Gasteiger partial charge in [0, 0.05) is 32.2 Å². The second-order valence-corrected chi connectivity index (χ2v) is 11.9. The number of nitrogens with zero attached hydrogens (tertiary/aromatic N) is 3. The Labute approximate surface area is 196 Å². The van der Waals surface area contributed by atoms with Gasteiger partial charge in [-0.15, -0.1) is 11.3 Å². The molecule has 0 aliphatic carbocycles. The lowest BCUT2D eigenvalue weighted by atomic mass is 9.98. The molecule has 0 N–H and O–H groups in total. The number of fused-ring (bicyclic) bond motifs is 1. The zero-order chi connectivity index (χ0) is 22.7. The van der Waals surface area contributed by atoms with Crippen LogP contribution in [0.4, 0.5) is 0 Å². The third kappa shape index (κ3) is 4.89. The molecule has 1 aromatic carbocycles. The quantitative estimate of drug-likeness (QED) is 0.471. The molecular weight excluding hydrogens is 466 g/mol. The number of ether oxygens (including phenoxy) is 1. The van der Waals surface area contributed by atoms with Crippen molar-refractivity contribution in [3.05, 3.63) is 46.1 Å². The number of carbonyl (C=O) groups excluding carboxylic acids is 1. The summed E-state index contributed by atoms with van der Waals surface area (Å²) in [6.45, 7) is 6.49. The van der Waals surface area contributed by atoms with Crippen molar-refractivity contribution in [1.82, 2.24) is 8.87 Å². The maximum Gasteiger partial charge on any atom is 0.252 e. The third-order valence-corrected chi connectivity index (χ3v) is 9.91. The highest BCUT2D eigenvalue weighted by Gasteiger charge is 2.32. The number of aryl methyl sites for hydroxylation is 1. The highest BCUT2D eigenvalue weighted by atomic mass is 32.2. The fourth-order valence-corrected chi connectivity index (χ4v) is 7.62. The number of rotatable bonds is 7. The number of thiazole rings is 1. The van der Waals surface area contributed by atoms with Gasteiger partial charge in [-0.2, -0.15) is 9.30 Å². The van der Waals surface area contributed by atoms with Crippen molar-refractivity contribution in [2.24, 2.45) is 10.9 Å². The lowest BCUT2D eigenvalue weighted by Gasteiger charge is -2.29. The normalized spacial score (nSPS) is 16.8. The van der Waals surface area contributed by atoms with Crippen LogP contribution in [0.25, 0.3) is 10.2 Å². The number of benzene rings is 1. The van der Waals surface area contributed by atoms with Gasteiger partial charge in [0.2, 0.25) is 0 Å². The molecule has 172 valence electrons. The van der Waals surface area contributed by atoms with Gasteiger partial charge in [-0.05, 0) is 55.8 Å². The van der Waals surface area contributed by atoms with Gasteiger partial charge in [0.25, 0.3) is 15.9 Å². The van der Waals surface area contributed by atoms with E-state index in [4.69, 9.17) is 4.74 Å². The van der Waals surface area contributed by atoms with Crippen molar-refractivity contribution in [1.29, 1.82) is 0 Å². The average Bonchev–Trinajstić information content (AvgIpc) is 3.43. The summed E-state index contributed by atoms with van der Waals surface area (Å²) in [6.07, 6.45) is 0.964. The Bertz CT molecular complexity index is 1250. The second-order valence-electron chi connectivity index (χ2n) is 7.76. The van der Waals surface area contributed by atoms with Crippen LogP contribution in [0.5, 0.6) is 0 Å². The summed E-state index contributed by atoms with van der Waals surface area (Å²) in [5.41, 5.74) is 2.21. The Morgan fingerprint density at radius 2 is 2.03 bits per heavy atom. The summed E-state index contributed by atoms with van der Waals surface area (Å²) in [6, 6.07) is 9.58. The van der Waals surface area contributed by atoms with E-state index in [9.17, 15) is 13.2 Å². The first kappa shape index (κ1) is 23.3. The number of piperidine rings is 1. The molecule has 2 aromatic heterocycles. The van der Waals surface area contributed by atoms with Gasteiger partial charge in [0.1, 0.15) is 4.21 Å². The zero-order valence-corrected chi connectivity index (χ0v) is 20.6. The SMILES string of the molecule is CCOCCn1c(=NC(=O)C2CCN(S(=O)(=O)c3cccs3)CC2)sc2cc(C)ccc21. The van der Waals surface area contributed by atoms with Gasteiger partial charge in [-0.25, -0.2) is 8.42 Å². The minimum absolute atomic E-state index is 0.174. The second kappa shape index (κ2) is 9.96. The first-order valence-electron chi connectivity index (χ1n) is 10.7. The molecule has 3 aromatic rings. The molecule has 4 rings (SSSR count). The molecule has 0 saturated carbocycles. The van der Waals surface area contributed by atoms with Crippen LogP contribution in [-0.4, -0.2) is 49.5 Å². The summed E-state index contributed by atoms with van der Waals surface area (Å²) in [5, 5.41) is 1.76. The van der Waals surface area contributed by atoms with E-state index in [1.807, 2.05) is 18.4 Å². The van der Waals surface area contributed by atoms with Crippen molar-refractivity contribution in [3.8, 4) is 0 Å². The standard InChI is InChI=1S/C22H27N3O4S3/c1-3-29-13-12-25-18-7-6-16(2)15-19(18)31-22(25)23-21(26)17-8-10-24(11-9-17)32(27,28)20-5-4-14-30-20/h4-7,14-15,17H,3,8-13H2,1-2H3. The first-order chi connectivity index (χ1) is 15.4. The lowest BCUT2D eigenvalue weighted by molar-refractivity contribution is -0.122. The molecule has 0 unspecified atom stereocenters. The van der Waals surface area contributed by atoms with E-state index in [0.29, 0.717) is 54.7 Å². The van der Waals surface area contributed by atoms with Gasteiger partial charge in [0.15, 0.2) is 4.80 Å². The molecule has 7 nitrogen and oxygen atoms in total. The van der Waals surface area contributed by atoms with E-state index >= 15 is 0 Å². The first-order valence-corrected chi connectivity index (χ1v) is 13.8. The predicted octanol–water partition coefficient (Wildman–Crippen LogP) is 3.64. The topological polar surface area (TPSA) is 81.0 Å². The van der Waals surface area contributed by atoms with Crippen LogP contribution >= 0.6 is 22.7 Å². The molecule has 3 heterocycles. The molecule has 1 fully saturated rings. The molecule has 1 saturated heterocycles. The van der Waals surface area contributed by atoms with Crippen LogP contribution in [0.2, 0.25) is 0 Å². The Morgan fingerprint density at radius 3 is 2.72 bits per heavy atom. The fraction of sp³-hybridized carbons (Fsp3) is 0.455. The van der Waals surface area contributed by atoms with Gasteiger partial charge in [-0.1, -0.05) is 23.5 Å². The molecule has 32 heavy (non-hydrogen) atoms. The summed E-state index contributed by atoms with van der Waals surface area (Å²) in [4.78, 5) is 18.2. The average molecular weight is 494 g/mol. The monoisotopic (exact) mass is 493 g/mol. The van der Waals surface area contributed by atoms with Crippen LogP contribution in [0.1, 0.15) is 25.3 Å². The number of thiophene rings is 1. The Hall–Kier alpha value is -1.85. The Kier molecular flexibility index (Phi) is 7.26. The fourth-order valence-electron chi connectivity index (χ4n) is 3.85. The third-order valence-electron chi connectivity index (χ3n) is 5.60. The number of hydrogen-bond acceptors (Lipinski definition) is 6. The summed E-state index contributed by atoms with van der Waals surface area (Å²) in [7, 11) is -3.47. The van der Waals surface area contributed by atoms with E-state index in [2.05, 4.69) is 23.2 Å². The summed E-state index contributed by atoms with van der Waals surface area (Å²) >= 11 is 2.72. The van der Waals surface area contributed by atoms with E-state index in [1.165, 1.54) is 27.0 Å². The molecule has 10 heteroatoms. The Balaban J connectivity index is 1.53. The minimum Gasteiger partial charge on any atom is -0.380 e. The molecule has 1 aliphatic heterocycles. The maximum atomic E-state index is 13.0. The lowest BCUT2D eigenvalue weighted by Crippen LogP contribution is -2.40. The van der Waals surface area contributed by atoms with Crippen LogP contribution in [-0.2, 0) is 26.1 Å². The van der Waals surface area contributed by atoms with Crippen LogP contribution < -0.4 is 4.80 Å². The molecule has 0 bridgehead atoms. The van der Waals surface area contributed by atoms with Gasteiger partial charge in [-0.3, -0.25) is 4.79 Å². The zero-order valence-electron chi connectivity index (χ0n) is 18.2. The van der Waals surface area contributed by atoms with Crippen molar-refractivity contribution < 1.29 is 17.9 Å². The predicted molar refractivity (Wildman–Crippen MR) is 127 cm³/mol. The summed E-state index contributed by atoms with van der Waals surface area (Å²) < 4.78 is 35.9. The molecule has 0 atom stereocenters. The van der Waals surface area contributed by atoms with Crippen LogP contribution in [0, 0.1) is 12.8 Å². The maximum absolute atomic E-state index is 13.0. The van der Waals surface area contributed by atoms with Crippen molar-refractivity contribution >= 4 is 48.8 Å². The van der Waals surface area contributed by atoms with Crippen molar-refractivity contribution in [2.45, 2.75) is 37.4 Å². The number of sulfonamides is 1. The van der Waals surface area contributed by atoms with E-state index in [-0.39, 0.29) is 11.8 Å². The Morgan fingerprint density at radius 1 is 1.25 bits per heavy atom. The van der Waals surface area contributed by atoms with E-state index < -0.39 is 10.0 Å². The number of hydrogen-bond donors (Lipinski definition) is 0. The van der Waals surface area contributed by atoms with Gasteiger partial charge < -0.3 is 9.30 Å². The molecule has 1 aliphatic rings. The van der Waals surface area contributed by atoms with E-state index in [1.54, 1.807) is 17.5 Å². The molecule has 0 radical (unpaired) electrons. The molecule has 1 amide bonds. The van der Waals surface area contributed by atoms with Gasteiger partial charge >= 0.3 is 0 Å². The summed E-state index contributed by atoms with van der Waals surface area (Å²) in [5.74, 6) is -0.441. The van der Waals surface area contributed by atoms with Crippen LogP contribution in [0.15, 0.2) is 44.9 Å². The minimum atomic E-state index is -3.47. The highest BCUT2D eigenvalue weighted by molar-refractivity contribution is 7.91. The van der Waals surface area contributed by atoms with E-state index in [0.717, 1.165) is 15.8 Å². The highest BCUT2D eigenvalue weighted by Crippen LogP contribution is 2.27. The number of aromatic nitrogens is 1.